The SMILES string of the molecule is CC(N)(CN1CCCC(F)C1)C(N)=O. The molecule has 5 heteroatoms. The summed E-state index contributed by atoms with van der Waals surface area (Å²) in [6.45, 7) is 3.07. The monoisotopic (exact) mass is 203 g/mol. The Labute approximate surface area is 83.4 Å². The summed E-state index contributed by atoms with van der Waals surface area (Å²) in [4.78, 5) is 12.8. The van der Waals surface area contributed by atoms with Gasteiger partial charge in [0, 0.05) is 13.1 Å². The van der Waals surface area contributed by atoms with Gasteiger partial charge < -0.3 is 11.5 Å². The zero-order chi connectivity index (χ0) is 10.8. The Kier molecular flexibility index (Phi) is 3.44. The van der Waals surface area contributed by atoms with E-state index in [-0.39, 0.29) is 0 Å². The number of halogens is 1. The summed E-state index contributed by atoms with van der Waals surface area (Å²) in [5, 5.41) is 0. The quantitative estimate of drug-likeness (QED) is 0.657. The Morgan fingerprint density at radius 3 is 2.86 bits per heavy atom. The van der Waals surface area contributed by atoms with Gasteiger partial charge in [0.05, 0.1) is 0 Å². The van der Waals surface area contributed by atoms with Gasteiger partial charge in [0.2, 0.25) is 5.91 Å². The Bertz CT molecular complexity index is 220. The molecule has 4 nitrogen and oxygen atoms in total. The van der Waals surface area contributed by atoms with Crippen molar-refractivity contribution in [2.75, 3.05) is 19.6 Å². The van der Waals surface area contributed by atoms with Gasteiger partial charge in [0.15, 0.2) is 0 Å². The molecule has 14 heavy (non-hydrogen) atoms. The predicted octanol–water partition coefficient (Wildman–Crippen LogP) is -0.377. The minimum atomic E-state index is -1.06. The van der Waals surface area contributed by atoms with Gasteiger partial charge in [-0.1, -0.05) is 0 Å². The van der Waals surface area contributed by atoms with Crippen molar-refractivity contribution < 1.29 is 9.18 Å². The van der Waals surface area contributed by atoms with Crippen LogP contribution in [0.5, 0.6) is 0 Å². The van der Waals surface area contributed by atoms with E-state index in [0.717, 1.165) is 13.0 Å². The smallest absolute Gasteiger partial charge is 0.238 e. The van der Waals surface area contributed by atoms with Crippen molar-refractivity contribution in [3.8, 4) is 0 Å². The van der Waals surface area contributed by atoms with Crippen molar-refractivity contribution in [2.45, 2.75) is 31.5 Å². The van der Waals surface area contributed by atoms with Crippen LogP contribution in [0.1, 0.15) is 19.8 Å². The minimum Gasteiger partial charge on any atom is -0.368 e. The van der Waals surface area contributed by atoms with Crippen molar-refractivity contribution >= 4 is 5.91 Å². The third-order valence-electron chi connectivity index (χ3n) is 2.56. The predicted molar refractivity (Wildman–Crippen MR) is 52.4 cm³/mol. The molecule has 0 radical (unpaired) electrons. The van der Waals surface area contributed by atoms with Crippen molar-refractivity contribution in [1.29, 1.82) is 0 Å². The van der Waals surface area contributed by atoms with Crippen LogP contribution in [0.15, 0.2) is 0 Å². The molecule has 0 aromatic rings. The summed E-state index contributed by atoms with van der Waals surface area (Å²) >= 11 is 0. The van der Waals surface area contributed by atoms with Crippen LogP contribution < -0.4 is 11.5 Å². The summed E-state index contributed by atoms with van der Waals surface area (Å²) in [6.07, 6.45) is 0.622. The first-order valence-electron chi connectivity index (χ1n) is 4.87. The Morgan fingerprint density at radius 2 is 2.36 bits per heavy atom. The van der Waals surface area contributed by atoms with Gasteiger partial charge in [-0.2, -0.15) is 0 Å². The molecule has 1 aliphatic heterocycles. The second-order valence-electron chi connectivity index (χ2n) is 4.26. The third-order valence-corrected chi connectivity index (χ3v) is 2.56. The van der Waals surface area contributed by atoms with Gasteiger partial charge in [0.25, 0.3) is 0 Å². The lowest BCUT2D eigenvalue weighted by atomic mass is 10.0. The molecule has 0 bridgehead atoms. The number of amides is 1. The number of primary amides is 1. The molecule has 1 saturated heterocycles. The molecule has 0 saturated carbocycles. The van der Waals surface area contributed by atoms with Gasteiger partial charge in [-0.3, -0.25) is 9.69 Å². The normalized spacial score (nSPS) is 28.4. The molecule has 82 valence electrons. The van der Waals surface area contributed by atoms with Crippen LogP contribution in [0.25, 0.3) is 0 Å². The molecule has 0 aromatic carbocycles. The summed E-state index contributed by atoms with van der Waals surface area (Å²) in [7, 11) is 0. The summed E-state index contributed by atoms with van der Waals surface area (Å²) < 4.78 is 13.0. The molecule has 2 unspecified atom stereocenters. The fourth-order valence-electron chi connectivity index (χ4n) is 1.69. The van der Waals surface area contributed by atoms with E-state index >= 15 is 0 Å². The maximum Gasteiger partial charge on any atom is 0.238 e. The highest BCUT2D eigenvalue weighted by Crippen LogP contribution is 2.14. The maximum absolute atomic E-state index is 13.0. The summed E-state index contributed by atoms with van der Waals surface area (Å²) in [5.41, 5.74) is 9.78. The van der Waals surface area contributed by atoms with Gasteiger partial charge >= 0.3 is 0 Å². The largest absolute Gasteiger partial charge is 0.368 e. The molecule has 1 aliphatic rings. The van der Waals surface area contributed by atoms with Crippen LogP contribution in [0.3, 0.4) is 0 Å². The number of piperidine rings is 1. The van der Waals surface area contributed by atoms with E-state index in [1.54, 1.807) is 6.92 Å². The van der Waals surface area contributed by atoms with Gasteiger partial charge in [-0.05, 0) is 26.3 Å². The number of nitrogens with two attached hydrogens (primary N) is 2. The number of rotatable bonds is 3. The summed E-state index contributed by atoms with van der Waals surface area (Å²) in [6, 6.07) is 0. The number of hydrogen-bond acceptors (Lipinski definition) is 3. The molecule has 0 aromatic heterocycles. The topological polar surface area (TPSA) is 72.3 Å². The van der Waals surface area contributed by atoms with Crippen LogP contribution in [0.2, 0.25) is 0 Å². The average Bonchev–Trinajstić information content (AvgIpc) is 2.02. The lowest BCUT2D eigenvalue weighted by Crippen LogP contribution is -2.58. The second-order valence-corrected chi connectivity index (χ2v) is 4.26. The molecule has 2 atom stereocenters. The van der Waals surface area contributed by atoms with Crippen LogP contribution in [0.4, 0.5) is 4.39 Å². The van der Waals surface area contributed by atoms with Crippen LogP contribution in [0, 0.1) is 0 Å². The highest BCUT2D eigenvalue weighted by Gasteiger charge is 2.30. The van der Waals surface area contributed by atoms with Crippen LogP contribution in [-0.4, -0.2) is 42.2 Å². The van der Waals surface area contributed by atoms with Gasteiger partial charge in [0.1, 0.15) is 11.7 Å². The van der Waals surface area contributed by atoms with Crippen molar-refractivity contribution in [2.24, 2.45) is 11.5 Å². The van der Waals surface area contributed by atoms with Gasteiger partial charge in [-0.15, -0.1) is 0 Å². The lowest BCUT2D eigenvalue weighted by Gasteiger charge is -2.34. The molecule has 0 aliphatic carbocycles. The van der Waals surface area contributed by atoms with Gasteiger partial charge in [-0.25, -0.2) is 4.39 Å². The third kappa shape index (κ3) is 2.92. The standard InChI is InChI=1S/C9H18FN3O/c1-9(12,8(11)14)6-13-4-2-3-7(10)5-13/h7H,2-6,12H2,1H3,(H2,11,14). The van der Waals surface area contributed by atoms with Crippen LogP contribution >= 0.6 is 0 Å². The Hall–Kier alpha value is -0.680. The first-order chi connectivity index (χ1) is 6.42. The summed E-state index contributed by atoms with van der Waals surface area (Å²) in [5.74, 6) is -0.543. The van der Waals surface area contributed by atoms with Crippen molar-refractivity contribution in [3.05, 3.63) is 0 Å². The zero-order valence-electron chi connectivity index (χ0n) is 8.50. The highest BCUT2D eigenvalue weighted by molar-refractivity contribution is 5.84. The van der Waals surface area contributed by atoms with Crippen molar-refractivity contribution in [1.82, 2.24) is 4.90 Å². The number of likely N-dealkylation sites (tertiary alicyclic amines) is 1. The first kappa shape index (κ1) is 11.4. The van der Waals surface area contributed by atoms with Crippen molar-refractivity contribution in [3.63, 3.8) is 0 Å². The highest BCUT2D eigenvalue weighted by atomic mass is 19.1. The molecule has 1 heterocycles. The number of nitrogens with zero attached hydrogens (tertiary/aromatic N) is 1. The molecular weight excluding hydrogens is 185 g/mol. The number of carbonyl (C=O) groups is 1. The molecule has 1 rings (SSSR count). The molecule has 0 spiro atoms. The van der Waals surface area contributed by atoms with E-state index in [2.05, 4.69) is 0 Å². The second kappa shape index (κ2) is 4.23. The van der Waals surface area contributed by atoms with E-state index in [4.69, 9.17) is 11.5 Å². The molecule has 4 N–H and O–H groups in total. The molecular formula is C9H18FN3O. The maximum atomic E-state index is 13.0. The Morgan fingerprint density at radius 1 is 1.71 bits per heavy atom. The first-order valence-corrected chi connectivity index (χ1v) is 4.87. The van der Waals surface area contributed by atoms with E-state index in [0.29, 0.717) is 19.5 Å². The van der Waals surface area contributed by atoms with Crippen LogP contribution in [-0.2, 0) is 4.79 Å². The van der Waals surface area contributed by atoms with E-state index in [9.17, 15) is 9.18 Å². The van der Waals surface area contributed by atoms with E-state index in [1.165, 1.54) is 0 Å². The number of carbonyl (C=O) groups excluding carboxylic acids is 1. The van der Waals surface area contributed by atoms with E-state index in [1.807, 2.05) is 4.90 Å². The van der Waals surface area contributed by atoms with E-state index < -0.39 is 17.6 Å². The average molecular weight is 203 g/mol. The Balaban J connectivity index is 2.47. The zero-order valence-corrected chi connectivity index (χ0v) is 8.50. The number of alkyl halides is 1. The lowest BCUT2D eigenvalue weighted by molar-refractivity contribution is -0.123. The fraction of sp³-hybridized carbons (Fsp3) is 0.889. The number of hydrogen-bond donors (Lipinski definition) is 2. The molecule has 1 amide bonds. The fourth-order valence-corrected chi connectivity index (χ4v) is 1.69. The minimum absolute atomic E-state index is 0.336. The molecule has 1 fully saturated rings.